The molecule has 1 aliphatic rings. The van der Waals surface area contributed by atoms with E-state index in [-0.39, 0.29) is 18.0 Å². The van der Waals surface area contributed by atoms with Gasteiger partial charge in [0.05, 0.1) is 26.0 Å². The lowest BCUT2D eigenvalue weighted by Gasteiger charge is -2.17. The van der Waals surface area contributed by atoms with Gasteiger partial charge < -0.3 is 30.1 Å². The van der Waals surface area contributed by atoms with Crippen molar-refractivity contribution in [2.75, 3.05) is 19.5 Å². The highest BCUT2D eigenvalue weighted by Crippen LogP contribution is 2.38. The van der Waals surface area contributed by atoms with Crippen LogP contribution in [0, 0.1) is 0 Å². The fourth-order valence-corrected chi connectivity index (χ4v) is 2.37. The molecule has 0 amide bonds. The molecule has 1 aromatic rings. The molecule has 22 heavy (non-hydrogen) atoms. The summed E-state index contributed by atoms with van der Waals surface area (Å²) >= 11 is 0. The highest BCUT2D eigenvalue weighted by molar-refractivity contribution is 7.46. The van der Waals surface area contributed by atoms with Crippen LogP contribution in [0.15, 0.2) is 11.0 Å². The summed E-state index contributed by atoms with van der Waals surface area (Å²) in [5.74, 6) is 0.0799. The lowest BCUT2D eigenvalue weighted by atomic mass is 10.2. The Labute approximate surface area is 124 Å². The summed E-state index contributed by atoms with van der Waals surface area (Å²) in [6, 6.07) is 0. The molecule has 0 spiro atoms. The largest absolute Gasteiger partial charge is 0.491 e. The highest BCUT2D eigenvalue weighted by Gasteiger charge is 2.37. The molecule has 0 bridgehead atoms. The van der Waals surface area contributed by atoms with Crippen LogP contribution in [0.1, 0.15) is 12.6 Å². The molecule has 12 heteroatoms. The van der Waals surface area contributed by atoms with E-state index in [1.165, 1.54) is 13.3 Å². The summed E-state index contributed by atoms with van der Waals surface area (Å²) in [4.78, 5) is 32.7. The number of aromatic nitrogens is 2. The second-order valence-electron chi connectivity index (χ2n) is 4.60. The van der Waals surface area contributed by atoms with E-state index in [0.29, 0.717) is 0 Å². The van der Waals surface area contributed by atoms with E-state index in [9.17, 15) is 14.5 Å². The van der Waals surface area contributed by atoms with Crippen LogP contribution in [0.25, 0.3) is 0 Å². The average molecular weight is 337 g/mol. The lowest BCUT2D eigenvalue weighted by Crippen LogP contribution is -2.28. The molecule has 0 aromatic carbocycles. The summed E-state index contributed by atoms with van der Waals surface area (Å²) in [6.07, 6.45) is -1.63. The molecule has 2 rings (SSSR count). The summed E-state index contributed by atoms with van der Waals surface area (Å²) in [7, 11) is -3.32. The van der Waals surface area contributed by atoms with Crippen LogP contribution < -0.4 is 16.2 Å². The van der Waals surface area contributed by atoms with Crippen LogP contribution in [0.5, 0.6) is 5.75 Å². The lowest BCUT2D eigenvalue weighted by molar-refractivity contribution is -0.0451. The summed E-state index contributed by atoms with van der Waals surface area (Å²) < 4.78 is 26.4. The molecule has 1 aromatic heterocycles. The number of phosphoric acid groups is 1. The third-order valence-corrected chi connectivity index (χ3v) is 3.57. The van der Waals surface area contributed by atoms with Crippen molar-refractivity contribution in [2.24, 2.45) is 0 Å². The Bertz CT molecular complexity index is 644. The third-order valence-electron chi connectivity index (χ3n) is 3.09. The molecule has 2 heterocycles. The quantitative estimate of drug-likeness (QED) is 0.469. The van der Waals surface area contributed by atoms with Gasteiger partial charge in [-0.3, -0.25) is 9.09 Å². The van der Waals surface area contributed by atoms with Crippen molar-refractivity contribution in [3.8, 4) is 5.75 Å². The first-order valence-corrected chi connectivity index (χ1v) is 7.70. The van der Waals surface area contributed by atoms with Gasteiger partial charge in [-0.25, -0.2) is 9.36 Å². The molecular formula is C10H16N3O8P. The van der Waals surface area contributed by atoms with E-state index in [1.54, 1.807) is 0 Å². The first-order valence-electron chi connectivity index (χ1n) is 6.17. The number of anilines is 1. The predicted molar refractivity (Wildman–Crippen MR) is 72.0 cm³/mol. The topological polar surface area (TPSA) is 166 Å². The molecule has 1 aliphatic heterocycles. The maximum Gasteiger partial charge on any atom is 0.469 e. The van der Waals surface area contributed by atoms with Gasteiger partial charge in [-0.05, 0) is 0 Å². The maximum absolute atomic E-state index is 11.8. The van der Waals surface area contributed by atoms with Crippen molar-refractivity contribution in [3.63, 3.8) is 0 Å². The van der Waals surface area contributed by atoms with Gasteiger partial charge in [-0.15, -0.1) is 0 Å². The summed E-state index contributed by atoms with van der Waals surface area (Å²) in [5, 5.41) is 9.84. The second kappa shape index (κ2) is 6.32. The van der Waals surface area contributed by atoms with Crippen LogP contribution in [0.2, 0.25) is 0 Å². The van der Waals surface area contributed by atoms with Crippen LogP contribution >= 0.6 is 7.82 Å². The number of nitrogens with zero attached hydrogens (tertiary/aromatic N) is 2. The molecule has 11 nitrogen and oxygen atoms in total. The van der Waals surface area contributed by atoms with E-state index in [4.69, 9.17) is 25.0 Å². The fourth-order valence-electron chi connectivity index (χ4n) is 2.03. The predicted octanol–water partition coefficient (Wildman–Crippen LogP) is -1.41. The van der Waals surface area contributed by atoms with E-state index in [2.05, 4.69) is 9.51 Å². The van der Waals surface area contributed by atoms with Crippen molar-refractivity contribution >= 4 is 13.6 Å². The Balaban J connectivity index is 2.15. The Morgan fingerprint density at radius 1 is 1.59 bits per heavy atom. The number of aliphatic hydroxyl groups is 1. The molecule has 3 atom stereocenters. The van der Waals surface area contributed by atoms with Gasteiger partial charge in [0.2, 0.25) is 0 Å². The van der Waals surface area contributed by atoms with Crippen LogP contribution in [0.3, 0.4) is 0 Å². The van der Waals surface area contributed by atoms with E-state index in [1.807, 2.05) is 0 Å². The Morgan fingerprint density at radius 3 is 2.86 bits per heavy atom. The maximum atomic E-state index is 11.8. The van der Waals surface area contributed by atoms with Crippen LogP contribution in [-0.4, -0.2) is 50.4 Å². The first kappa shape index (κ1) is 16.9. The zero-order chi connectivity index (χ0) is 16.5. The van der Waals surface area contributed by atoms with Gasteiger partial charge in [0, 0.05) is 6.42 Å². The van der Waals surface area contributed by atoms with Gasteiger partial charge in [0.15, 0.2) is 11.6 Å². The first-order chi connectivity index (χ1) is 10.2. The minimum atomic E-state index is -4.67. The Hall–Kier alpha value is -1.49. The molecular weight excluding hydrogens is 321 g/mol. The number of methoxy groups -OCH3 is 1. The molecule has 1 fully saturated rings. The van der Waals surface area contributed by atoms with Crippen LogP contribution in [0.4, 0.5) is 5.82 Å². The van der Waals surface area contributed by atoms with Crippen molar-refractivity contribution in [2.45, 2.75) is 24.9 Å². The Kier molecular flexibility index (Phi) is 4.85. The van der Waals surface area contributed by atoms with Gasteiger partial charge in [0.1, 0.15) is 12.3 Å². The zero-order valence-electron chi connectivity index (χ0n) is 11.5. The third kappa shape index (κ3) is 3.83. The van der Waals surface area contributed by atoms with Gasteiger partial charge in [0.25, 0.3) is 0 Å². The molecule has 1 saturated heterocycles. The van der Waals surface area contributed by atoms with Crippen molar-refractivity contribution in [1.29, 1.82) is 0 Å². The van der Waals surface area contributed by atoms with Gasteiger partial charge in [-0.2, -0.15) is 4.98 Å². The second-order valence-corrected chi connectivity index (χ2v) is 5.84. The number of rotatable bonds is 5. The van der Waals surface area contributed by atoms with Gasteiger partial charge >= 0.3 is 13.5 Å². The Morgan fingerprint density at radius 2 is 2.27 bits per heavy atom. The SMILES string of the molecule is COc1cn([C@H]2C[C@H](O)[C@@H](COP(=O)(O)O)O2)c(=O)nc1N. The smallest absolute Gasteiger partial charge is 0.469 e. The fraction of sp³-hybridized carbons (Fsp3) is 0.600. The van der Waals surface area contributed by atoms with Crippen molar-refractivity contribution in [1.82, 2.24) is 9.55 Å². The van der Waals surface area contributed by atoms with Crippen molar-refractivity contribution < 1.29 is 33.5 Å². The average Bonchev–Trinajstić information content (AvgIpc) is 2.77. The van der Waals surface area contributed by atoms with Gasteiger partial charge in [-0.1, -0.05) is 0 Å². The normalized spacial score (nSPS) is 25.4. The zero-order valence-corrected chi connectivity index (χ0v) is 12.4. The number of ether oxygens (including phenoxy) is 2. The number of hydrogen-bond acceptors (Lipinski definition) is 8. The molecule has 0 saturated carbocycles. The molecule has 124 valence electrons. The molecule has 0 unspecified atom stereocenters. The number of hydrogen-bond donors (Lipinski definition) is 4. The number of phosphoric ester groups is 1. The number of nitrogen functional groups attached to an aromatic ring is 1. The van der Waals surface area contributed by atoms with E-state index >= 15 is 0 Å². The number of aliphatic hydroxyl groups excluding tert-OH is 1. The molecule has 5 N–H and O–H groups in total. The summed E-state index contributed by atoms with van der Waals surface area (Å²) in [6.45, 7) is -0.518. The minimum absolute atomic E-state index is 0.0177. The monoisotopic (exact) mass is 337 g/mol. The molecule has 0 aliphatic carbocycles. The van der Waals surface area contributed by atoms with Crippen LogP contribution in [-0.2, 0) is 13.8 Å². The van der Waals surface area contributed by atoms with E-state index in [0.717, 1.165) is 4.57 Å². The molecule has 0 radical (unpaired) electrons. The highest BCUT2D eigenvalue weighted by atomic mass is 31.2. The summed E-state index contributed by atoms with van der Waals surface area (Å²) in [5.41, 5.74) is 4.80. The standard InChI is InChI=1S/C10H16N3O8P/c1-19-6-3-13(10(15)12-9(6)11)8-2-5(14)7(21-8)4-20-22(16,17)18/h3,5,7-8,14H,2,4H2,1H3,(H2,11,12,15)(H2,16,17,18)/t5-,7+,8+/m0/s1. The minimum Gasteiger partial charge on any atom is -0.491 e. The number of nitrogens with two attached hydrogens (primary N) is 1. The van der Waals surface area contributed by atoms with E-state index < -0.39 is 38.6 Å². The van der Waals surface area contributed by atoms with Crippen molar-refractivity contribution in [3.05, 3.63) is 16.7 Å².